The Hall–Kier alpha value is -2.38. The van der Waals surface area contributed by atoms with Crippen LogP contribution in [0.1, 0.15) is 28.4 Å². The van der Waals surface area contributed by atoms with Crippen LogP contribution in [0.5, 0.6) is 0 Å². The molecule has 0 saturated carbocycles. The van der Waals surface area contributed by atoms with Crippen LogP contribution >= 0.6 is 11.6 Å². The predicted molar refractivity (Wildman–Crippen MR) is 104 cm³/mol. The van der Waals surface area contributed by atoms with Crippen molar-refractivity contribution >= 4 is 39.0 Å². The number of amides is 1. The standard InChI is InChI=1S/C19H20ClNO5S/c1-11-5-6-12(2)17(9-11)21-18(22)13(3)26-19(23)15-10-14(27(4,24)25)7-8-16(15)20/h5-10,13H,1-4H3,(H,21,22)/t13-/m0/s1. The highest BCUT2D eigenvalue weighted by Crippen LogP contribution is 2.22. The maximum Gasteiger partial charge on any atom is 0.340 e. The first-order chi connectivity index (χ1) is 12.5. The lowest BCUT2D eigenvalue weighted by atomic mass is 10.1. The fourth-order valence-electron chi connectivity index (χ4n) is 2.27. The molecular formula is C19H20ClNO5S. The van der Waals surface area contributed by atoms with E-state index in [4.69, 9.17) is 16.3 Å². The van der Waals surface area contributed by atoms with Crippen molar-refractivity contribution in [2.45, 2.75) is 31.8 Å². The number of nitrogens with one attached hydrogen (secondary N) is 1. The number of hydrogen-bond acceptors (Lipinski definition) is 5. The molecule has 0 saturated heterocycles. The monoisotopic (exact) mass is 409 g/mol. The molecule has 0 unspecified atom stereocenters. The number of rotatable bonds is 5. The zero-order chi connectivity index (χ0) is 20.4. The van der Waals surface area contributed by atoms with Gasteiger partial charge in [0.1, 0.15) is 0 Å². The van der Waals surface area contributed by atoms with Crippen LogP contribution in [0.3, 0.4) is 0 Å². The number of carbonyl (C=O) groups excluding carboxylic acids is 2. The molecular weight excluding hydrogens is 390 g/mol. The van der Waals surface area contributed by atoms with Crippen molar-refractivity contribution in [2.75, 3.05) is 11.6 Å². The van der Waals surface area contributed by atoms with Crippen molar-refractivity contribution < 1.29 is 22.7 Å². The van der Waals surface area contributed by atoms with E-state index >= 15 is 0 Å². The van der Waals surface area contributed by atoms with E-state index in [0.717, 1.165) is 23.4 Å². The minimum Gasteiger partial charge on any atom is -0.449 e. The number of sulfone groups is 1. The summed E-state index contributed by atoms with van der Waals surface area (Å²) in [6.45, 7) is 5.17. The molecule has 2 aromatic carbocycles. The van der Waals surface area contributed by atoms with Crippen LogP contribution in [0.15, 0.2) is 41.3 Å². The predicted octanol–water partition coefficient (Wildman–Crippen LogP) is 3.54. The number of ether oxygens (including phenoxy) is 1. The number of benzene rings is 2. The number of carbonyl (C=O) groups is 2. The third-order valence-corrected chi connectivity index (χ3v) is 5.33. The summed E-state index contributed by atoms with van der Waals surface area (Å²) < 4.78 is 28.5. The van der Waals surface area contributed by atoms with E-state index in [1.54, 1.807) is 0 Å². The largest absolute Gasteiger partial charge is 0.449 e. The Labute approximate surface area is 163 Å². The number of aryl methyl sites for hydroxylation is 2. The Balaban J connectivity index is 2.15. The SMILES string of the molecule is Cc1ccc(C)c(NC(=O)[C@H](C)OC(=O)c2cc(S(C)(=O)=O)ccc2Cl)c1. The molecule has 6 nitrogen and oxygen atoms in total. The maximum atomic E-state index is 12.4. The summed E-state index contributed by atoms with van der Waals surface area (Å²) in [4.78, 5) is 24.6. The maximum absolute atomic E-state index is 12.4. The number of esters is 1. The average Bonchev–Trinajstić information content (AvgIpc) is 2.57. The highest BCUT2D eigenvalue weighted by Gasteiger charge is 2.22. The van der Waals surface area contributed by atoms with Crippen LogP contribution in [0, 0.1) is 13.8 Å². The molecule has 0 radical (unpaired) electrons. The van der Waals surface area contributed by atoms with E-state index in [9.17, 15) is 18.0 Å². The molecule has 0 bridgehead atoms. The molecule has 0 heterocycles. The lowest BCUT2D eigenvalue weighted by Crippen LogP contribution is -2.30. The Kier molecular flexibility index (Phi) is 6.28. The van der Waals surface area contributed by atoms with Crippen molar-refractivity contribution in [3.8, 4) is 0 Å². The van der Waals surface area contributed by atoms with Gasteiger partial charge in [-0.25, -0.2) is 13.2 Å². The Morgan fingerprint density at radius 1 is 1.11 bits per heavy atom. The Bertz CT molecular complexity index is 1000. The number of halogens is 1. The van der Waals surface area contributed by atoms with Crippen LogP contribution in [0.4, 0.5) is 5.69 Å². The smallest absolute Gasteiger partial charge is 0.340 e. The first kappa shape index (κ1) is 20.9. The van der Waals surface area contributed by atoms with E-state index in [-0.39, 0.29) is 15.5 Å². The summed E-state index contributed by atoms with van der Waals surface area (Å²) in [5.41, 5.74) is 2.35. The highest BCUT2D eigenvalue weighted by molar-refractivity contribution is 7.90. The van der Waals surface area contributed by atoms with E-state index in [1.807, 2.05) is 32.0 Å². The quantitative estimate of drug-likeness (QED) is 0.763. The topological polar surface area (TPSA) is 89.5 Å². The summed E-state index contributed by atoms with van der Waals surface area (Å²) in [5, 5.41) is 2.75. The second kappa shape index (κ2) is 8.10. The molecule has 2 aromatic rings. The molecule has 1 N–H and O–H groups in total. The molecule has 8 heteroatoms. The van der Waals surface area contributed by atoms with Crippen LogP contribution in [0.25, 0.3) is 0 Å². The van der Waals surface area contributed by atoms with Gasteiger partial charge < -0.3 is 10.1 Å². The van der Waals surface area contributed by atoms with Gasteiger partial charge in [-0.3, -0.25) is 4.79 Å². The van der Waals surface area contributed by atoms with Crippen molar-refractivity contribution in [2.24, 2.45) is 0 Å². The molecule has 2 rings (SSSR count). The summed E-state index contributed by atoms with van der Waals surface area (Å²) in [6, 6.07) is 9.34. The molecule has 0 aliphatic rings. The van der Waals surface area contributed by atoms with Crippen molar-refractivity contribution in [3.63, 3.8) is 0 Å². The molecule has 0 aromatic heterocycles. The Morgan fingerprint density at radius 2 is 1.78 bits per heavy atom. The second-order valence-electron chi connectivity index (χ2n) is 6.27. The molecule has 27 heavy (non-hydrogen) atoms. The zero-order valence-corrected chi connectivity index (χ0v) is 16.9. The average molecular weight is 410 g/mol. The van der Waals surface area contributed by atoms with Gasteiger partial charge in [0.05, 0.1) is 15.5 Å². The van der Waals surface area contributed by atoms with Gasteiger partial charge in [0, 0.05) is 11.9 Å². The lowest BCUT2D eigenvalue weighted by molar-refractivity contribution is -0.123. The summed E-state index contributed by atoms with van der Waals surface area (Å²) >= 11 is 5.98. The lowest BCUT2D eigenvalue weighted by Gasteiger charge is -2.16. The summed E-state index contributed by atoms with van der Waals surface area (Å²) in [7, 11) is -3.52. The second-order valence-corrected chi connectivity index (χ2v) is 8.69. The molecule has 0 spiro atoms. The van der Waals surface area contributed by atoms with Crippen LogP contribution < -0.4 is 5.32 Å². The van der Waals surface area contributed by atoms with Crippen molar-refractivity contribution in [3.05, 3.63) is 58.1 Å². The molecule has 1 atom stereocenters. The van der Waals surface area contributed by atoms with Gasteiger partial charge in [0.15, 0.2) is 15.9 Å². The van der Waals surface area contributed by atoms with Crippen LogP contribution in [-0.2, 0) is 19.4 Å². The molecule has 144 valence electrons. The first-order valence-corrected chi connectivity index (χ1v) is 10.3. The van der Waals surface area contributed by atoms with E-state index < -0.39 is 27.8 Å². The molecule has 0 aliphatic heterocycles. The number of anilines is 1. The first-order valence-electron chi connectivity index (χ1n) is 8.07. The van der Waals surface area contributed by atoms with Gasteiger partial charge in [-0.15, -0.1) is 0 Å². The zero-order valence-electron chi connectivity index (χ0n) is 15.4. The van der Waals surface area contributed by atoms with E-state index in [0.29, 0.717) is 5.69 Å². The van der Waals surface area contributed by atoms with Crippen LogP contribution in [-0.4, -0.2) is 32.7 Å². The van der Waals surface area contributed by atoms with Gasteiger partial charge in [-0.2, -0.15) is 0 Å². The minimum absolute atomic E-state index is 0.0366. The van der Waals surface area contributed by atoms with E-state index in [1.165, 1.54) is 19.1 Å². The third-order valence-electron chi connectivity index (χ3n) is 3.89. The third kappa shape index (κ3) is 5.30. The van der Waals surface area contributed by atoms with Gasteiger partial charge in [0.25, 0.3) is 5.91 Å². The minimum atomic E-state index is -3.52. The molecule has 0 aliphatic carbocycles. The van der Waals surface area contributed by atoms with Crippen molar-refractivity contribution in [1.29, 1.82) is 0 Å². The van der Waals surface area contributed by atoms with Crippen molar-refractivity contribution in [1.82, 2.24) is 0 Å². The van der Waals surface area contributed by atoms with Gasteiger partial charge in [-0.1, -0.05) is 23.7 Å². The summed E-state index contributed by atoms with van der Waals surface area (Å²) in [6.07, 6.45) is -0.0821. The van der Waals surface area contributed by atoms with E-state index in [2.05, 4.69) is 5.32 Å². The van der Waals surface area contributed by atoms with Crippen LogP contribution in [0.2, 0.25) is 5.02 Å². The normalized spacial score (nSPS) is 12.3. The number of hydrogen-bond donors (Lipinski definition) is 1. The summed E-state index contributed by atoms with van der Waals surface area (Å²) in [5.74, 6) is -1.39. The van der Waals surface area contributed by atoms with Gasteiger partial charge in [0.2, 0.25) is 0 Å². The molecule has 0 fully saturated rings. The molecule has 1 amide bonds. The fraction of sp³-hybridized carbons (Fsp3) is 0.263. The van der Waals surface area contributed by atoms with Gasteiger partial charge in [-0.05, 0) is 56.2 Å². The highest BCUT2D eigenvalue weighted by atomic mass is 35.5. The Morgan fingerprint density at radius 3 is 2.41 bits per heavy atom. The fourth-order valence-corrected chi connectivity index (χ4v) is 3.12. The van der Waals surface area contributed by atoms with Gasteiger partial charge >= 0.3 is 5.97 Å².